The molecule has 1 atom stereocenters. The molecule has 3 N–H and O–H groups in total. The Morgan fingerprint density at radius 1 is 1.18 bits per heavy atom. The fourth-order valence-corrected chi connectivity index (χ4v) is 3.63. The SMILES string of the molecule is CNC(=O)C1CCCN1C(=O)CNC(=O)CSCC(=O)Nc1cccc(C)c1. The number of aryl methyl sites for hydroxylation is 1. The molecule has 1 aliphatic heterocycles. The second-order valence-corrected chi connectivity index (χ2v) is 7.53. The van der Waals surface area contributed by atoms with Crippen LogP contribution in [0.4, 0.5) is 5.69 Å². The summed E-state index contributed by atoms with van der Waals surface area (Å²) < 4.78 is 0. The molecular weight excluding hydrogens is 380 g/mol. The van der Waals surface area contributed by atoms with Gasteiger partial charge in [0.15, 0.2) is 0 Å². The van der Waals surface area contributed by atoms with Gasteiger partial charge in [0.1, 0.15) is 6.04 Å². The molecule has 1 heterocycles. The van der Waals surface area contributed by atoms with Crippen molar-refractivity contribution in [1.29, 1.82) is 0 Å². The molecule has 0 saturated carbocycles. The molecule has 0 aliphatic carbocycles. The summed E-state index contributed by atoms with van der Waals surface area (Å²) in [6.07, 6.45) is 1.40. The number of thioether (sulfide) groups is 1. The molecule has 4 amide bonds. The van der Waals surface area contributed by atoms with Crippen LogP contribution in [0.5, 0.6) is 0 Å². The lowest BCUT2D eigenvalue weighted by Gasteiger charge is -2.23. The molecule has 2 rings (SSSR count). The van der Waals surface area contributed by atoms with Crippen LogP contribution in [0.25, 0.3) is 0 Å². The second-order valence-electron chi connectivity index (χ2n) is 6.55. The molecule has 1 fully saturated rings. The summed E-state index contributed by atoms with van der Waals surface area (Å²) in [5, 5.41) is 7.88. The van der Waals surface area contributed by atoms with Crippen LogP contribution in [0.3, 0.4) is 0 Å². The van der Waals surface area contributed by atoms with Gasteiger partial charge < -0.3 is 20.9 Å². The summed E-state index contributed by atoms with van der Waals surface area (Å²) in [6, 6.07) is 7.00. The standard InChI is InChI=1S/C19H26N4O4S/c1-13-5-3-6-14(9-13)22-17(25)12-28-11-16(24)21-10-18(26)23-8-4-7-15(23)19(27)20-2/h3,5-6,9,15H,4,7-8,10-12H2,1-2H3,(H,20,27)(H,21,24)(H,22,25). The molecular formula is C19H26N4O4S. The zero-order valence-electron chi connectivity index (χ0n) is 16.1. The highest BCUT2D eigenvalue weighted by molar-refractivity contribution is 8.00. The van der Waals surface area contributed by atoms with E-state index in [4.69, 9.17) is 0 Å². The Labute approximate surface area is 168 Å². The first-order valence-electron chi connectivity index (χ1n) is 9.12. The third-order valence-electron chi connectivity index (χ3n) is 4.33. The van der Waals surface area contributed by atoms with Crippen molar-refractivity contribution in [2.24, 2.45) is 0 Å². The number of likely N-dealkylation sites (N-methyl/N-ethyl adjacent to an activating group) is 1. The number of benzene rings is 1. The maximum Gasteiger partial charge on any atom is 0.242 e. The van der Waals surface area contributed by atoms with Gasteiger partial charge in [-0.2, -0.15) is 0 Å². The zero-order chi connectivity index (χ0) is 20.5. The Kier molecular flexibility index (Phi) is 8.31. The lowest BCUT2D eigenvalue weighted by molar-refractivity contribution is -0.138. The van der Waals surface area contributed by atoms with Crippen molar-refractivity contribution in [1.82, 2.24) is 15.5 Å². The van der Waals surface area contributed by atoms with E-state index in [0.717, 1.165) is 17.7 Å². The highest BCUT2D eigenvalue weighted by Gasteiger charge is 2.33. The molecule has 1 unspecified atom stereocenters. The number of carbonyl (C=O) groups is 4. The van der Waals surface area contributed by atoms with Crippen molar-refractivity contribution in [3.63, 3.8) is 0 Å². The monoisotopic (exact) mass is 406 g/mol. The van der Waals surface area contributed by atoms with Crippen molar-refractivity contribution in [3.05, 3.63) is 29.8 Å². The fourth-order valence-electron chi connectivity index (χ4n) is 2.99. The molecule has 28 heavy (non-hydrogen) atoms. The maximum absolute atomic E-state index is 12.3. The Hall–Kier alpha value is -2.55. The molecule has 0 radical (unpaired) electrons. The van der Waals surface area contributed by atoms with Gasteiger partial charge in [0.2, 0.25) is 23.6 Å². The summed E-state index contributed by atoms with van der Waals surface area (Å²) in [5.41, 5.74) is 1.77. The Balaban J connectivity index is 1.66. The van der Waals surface area contributed by atoms with Gasteiger partial charge >= 0.3 is 0 Å². The number of nitrogens with one attached hydrogen (secondary N) is 3. The van der Waals surface area contributed by atoms with Crippen LogP contribution in [0.15, 0.2) is 24.3 Å². The number of anilines is 1. The largest absolute Gasteiger partial charge is 0.357 e. The second kappa shape index (κ2) is 10.7. The highest BCUT2D eigenvalue weighted by Crippen LogP contribution is 2.17. The summed E-state index contributed by atoms with van der Waals surface area (Å²) >= 11 is 1.17. The number of carbonyl (C=O) groups excluding carboxylic acids is 4. The van der Waals surface area contributed by atoms with E-state index in [1.807, 2.05) is 25.1 Å². The third-order valence-corrected chi connectivity index (χ3v) is 5.26. The lowest BCUT2D eigenvalue weighted by atomic mass is 10.2. The molecule has 1 aliphatic rings. The van der Waals surface area contributed by atoms with Crippen LogP contribution in [0.2, 0.25) is 0 Å². The first kappa shape index (κ1) is 21.7. The van der Waals surface area contributed by atoms with Crippen molar-refractivity contribution < 1.29 is 19.2 Å². The first-order valence-corrected chi connectivity index (χ1v) is 10.3. The summed E-state index contributed by atoms with van der Waals surface area (Å²) in [6.45, 7) is 2.30. The van der Waals surface area contributed by atoms with Crippen LogP contribution in [-0.4, -0.2) is 66.2 Å². The molecule has 9 heteroatoms. The van der Waals surface area contributed by atoms with Crippen molar-refractivity contribution in [2.75, 3.05) is 37.0 Å². The van der Waals surface area contributed by atoms with E-state index in [1.165, 1.54) is 23.7 Å². The van der Waals surface area contributed by atoms with E-state index in [9.17, 15) is 19.2 Å². The predicted molar refractivity (Wildman–Crippen MR) is 109 cm³/mol. The van der Waals surface area contributed by atoms with Gasteiger partial charge in [0.05, 0.1) is 18.1 Å². The van der Waals surface area contributed by atoms with Gasteiger partial charge in [-0.15, -0.1) is 11.8 Å². The summed E-state index contributed by atoms with van der Waals surface area (Å²) in [5.74, 6) is -0.760. The van der Waals surface area contributed by atoms with E-state index < -0.39 is 6.04 Å². The number of likely N-dealkylation sites (tertiary alicyclic amines) is 1. The van der Waals surface area contributed by atoms with Gasteiger partial charge in [0, 0.05) is 19.3 Å². The Morgan fingerprint density at radius 3 is 2.64 bits per heavy atom. The van der Waals surface area contributed by atoms with Gasteiger partial charge in [-0.3, -0.25) is 19.2 Å². The Bertz CT molecular complexity index is 740. The van der Waals surface area contributed by atoms with E-state index in [2.05, 4.69) is 16.0 Å². The average Bonchev–Trinajstić information content (AvgIpc) is 3.15. The van der Waals surface area contributed by atoms with Crippen molar-refractivity contribution in [2.45, 2.75) is 25.8 Å². The topological polar surface area (TPSA) is 108 Å². The highest BCUT2D eigenvalue weighted by atomic mass is 32.2. The number of hydrogen-bond donors (Lipinski definition) is 3. The smallest absolute Gasteiger partial charge is 0.242 e. The van der Waals surface area contributed by atoms with Gasteiger partial charge in [0.25, 0.3) is 0 Å². The minimum absolute atomic E-state index is 0.0768. The number of nitrogens with zero attached hydrogens (tertiary/aromatic N) is 1. The average molecular weight is 407 g/mol. The maximum atomic E-state index is 12.3. The quantitative estimate of drug-likeness (QED) is 0.583. The van der Waals surface area contributed by atoms with E-state index in [1.54, 1.807) is 6.07 Å². The van der Waals surface area contributed by atoms with Crippen LogP contribution in [0.1, 0.15) is 18.4 Å². The molecule has 1 aromatic rings. The fraction of sp³-hybridized carbons (Fsp3) is 0.474. The van der Waals surface area contributed by atoms with Crippen LogP contribution >= 0.6 is 11.8 Å². The van der Waals surface area contributed by atoms with E-state index in [-0.39, 0.29) is 41.7 Å². The normalized spacial score (nSPS) is 15.8. The summed E-state index contributed by atoms with van der Waals surface area (Å²) in [4.78, 5) is 49.4. The molecule has 0 aromatic heterocycles. The molecule has 8 nitrogen and oxygen atoms in total. The minimum atomic E-state index is -0.464. The van der Waals surface area contributed by atoms with Crippen LogP contribution in [0, 0.1) is 6.92 Å². The number of hydrogen-bond acceptors (Lipinski definition) is 5. The van der Waals surface area contributed by atoms with Gasteiger partial charge in [-0.1, -0.05) is 12.1 Å². The predicted octanol–water partition coefficient (Wildman–Crippen LogP) is 0.520. The number of rotatable bonds is 8. The zero-order valence-corrected chi connectivity index (χ0v) is 16.9. The molecule has 0 spiro atoms. The molecule has 1 saturated heterocycles. The van der Waals surface area contributed by atoms with E-state index in [0.29, 0.717) is 13.0 Å². The number of amides is 4. The van der Waals surface area contributed by atoms with Gasteiger partial charge in [-0.05, 0) is 37.5 Å². The van der Waals surface area contributed by atoms with Crippen LogP contribution in [-0.2, 0) is 19.2 Å². The van der Waals surface area contributed by atoms with Gasteiger partial charge in [-0.25, -0.2) is 0 Å². The molecule has 1 aromatic carbocycles. The van der Waals surface area contributed by atoms with E-state index >= 15 is 0 Å². The summed E-state index contributed by atoms with van der Waals surface area (Å²) in [7, 11) is 1.54. The molecule has 0 bridgehead atoms. The van der Waals surface area contributed by atoms with Crippen molar-refractivity contribution in [3.8, 4) is 0 Å². The minimum Gasteiger partial charge on any atom is -0.357 e. The van der Waals surface area contributed by atoms with Crippen LogP contribution < -0.4 is 16.0 Å². The Morgan fingerprint density at radius 2 is 1.93 bits per heavy atom. The first-order chi connectivity index (χ1) is 13.4. The molecule has 152 valence electrons. The lowest BCUT2D eigenvalue weighted by Crippen LogP contribution is -2.48. The third kappa shape index (κ3) is 6.56. The van der Waals surface area contributed by atoms with Crippen molar-refractivity contribution >= 4 is 41.1 Å².